The summed E-state index contributed by atoms with van der Waals surface area (Å²) in [5.74, 6) is 0.217. The van der Waals surface area contributed by atoms with Gasteiger partial charge in [0.25, 0.3) is 0 Å². The second-order valence-corrected chi connectivity index (χ2v) is 9.89. The molecule has 1 aliphatic carbocycles. The molecule has 4 atom stereocenters. The van der Waals surface area contributed by atoms with Crippen LogP contribution in [0.15, 0.2) is 35.9 Å². The number of benzene rings is 1. The Balaban J connectivity index is 1.90. The number of carbonyl (C=O) groups excluding carboxylic acids is 2. The number of amides is 2. The van der Waals surface area contributed by atoms with Crippen LogP contribution in [0.4, 0.5) is 0 Å². The van der Waals surface area contributed by atoms with Crippen LogP contribution < -0.4 is 10.1 Å². The molecule has 3 rings (SSSR count). The van der Waals surface area contributed by atoms with Gasteiger partial charge in [-0.2, -0.15) is 0 Å². The fraction of sp³-hybridized carbons (Fsp3) is 0.600. The van der Waals surface area contributed by atoms with Crippen LogP contribution in [0, 0.1) is 3.57 Å². The third-order valence-corrected chi connectivity index (χ3v) is 7.09. The number of rotatable bonds is 11. The molecule has 0 unspecified atom stereocenters. The minimum Gasteiger partial charge on any atom is -0.482 e. The Morgan fingerprint density at radius 3 is 2.79 bits per heavy atom. The van der Waals surface area contributed by atoms with Gasteiger partial charge in [-0.3, -0.25) is 9.59 Å². The molecule has 1 saturated heterocycles. The van der Waals surface area contributed by atoms with Crippen molar-refractivity contribution < 1.29 is 29.3 Å². The average molecular weight is 586 g/mol. The molecule has 1 aliphatic heterocycles. The lowest BCUT2D eigenvalue weighted by Crippen LogP contribution is -2.56. The predicted octanol–water partition coefficient (Wildman–Crippen LogP) is 2.40. The molecule has 34 heavy (non-hydrogen) atoms. The van der Waals surface area contributed by atoms with E-state index < -0.39 is 18.2 Å². The van der Waals surface area contributed by atoms with Crippen molar-refractivity contribution in [2.75, 3.05) is 26.3 Å². The Morgan fingerprint density at radius 1 is 1.32 bits per heavy atom. The molecule has 8 nitrogen and oxygen atoms in total. The van der Waals surface area contributed by atoms with Gasteiger partial charge < -0.3 is 29.9 Å². The highest BCUT2D eigenvalue weighted by atomic mass is 127. The molecule has 3 N–H and O–H groups in total. The second kappa shape index (κ2) is 13.4. The number of hydrogen-bond acceptors (Lipinski definition) is 6. The molecule has 0 saturated carbocycles. The summed E-state index contributed by atoms with van der Waals surface area (Å²) in [7, 11) is 0. The zero-order valence-electron chi connectivity index (χ0n) is 19.6. The maximum Gasteiger partial charge on any atom is 0.247 e. The number of ether oxygens (including phenoxy) is 2. The lowest BCUT2D eigenvalue weighted by molar-refractivity contribution is -0.141. The minimum atomic E-state index is -1.02. The quantitative estimate of drug-likeness (QED) is 0.344. The van der Waals surface area contributed by atoms with Crippen LogP contribution in [0.5, 0.6) is 5.75 Å². The first-order valence-electron chi connectivity index (χ1n) is 12.0. The van der Waals surface area contributed by atoms with E-state index in [9.17, 15) is 14.7 Å². The normalized spacial score (nSPS) is 24.4. The molecular formula is C25H35IN2O6. The summed E-state index contributed by atoms with van der Waals surface area (Å²) in [6.45, 7) is 3.03. The van der Waals surface area contributed by atoms with Gasteiger partial charge in [-0.15, -0.1) is 0 Å². The van der Waals surface area contributed by atoms with Crippen LogP contribution in [0.2, 0.25) is 0 Å². The fourth-order valence-electron chi connectivity index (χ4n) is 4.37. The Labute approximate surface area is 214 Å². The van der Waals surface area contributed by atoms with Crippen molar-refractivity contribution in [2.45, 2.75) is 69.8 Å². The van der Waals surface area contributed by atoms with Crippen LogP contribution >= 0.6 is 22.6 Å². The van der Waals surface area contributed by atoms with E-state index >= 15 is 0 Å². The van der Waals surface area contributed by atoms with Gasteiger partial charge in [-0.1, -0.05) is 25.5 Å². The molecule has 0 bridgehead atoms. The van der Waals surface area contributed by atoms with Crippen molar-refractivity contribution in [1.29, 1.82) is 0 Å². The van der Waals surface area contributed by atoms with Gasteiger partial charge in [0.15, 0.2) is 0 Å². The van der Waals surface area contributed by atoms with Crippen molar-refractivity contribution in [3.63, 3.8) is 0 Å². The van der Waals surface area contributed by atoms with Crippen LogP contribution in [-0.4, -0.2) is 77.6 Å². The van der Waals surface area contributed by atoms with E-state index in [1.165, 1.54) is 0 Å². The maximum atomic E-state index is 13.3. The Hall–Kier alpha value is -1.69. The van der Waals surface area contributed by atoms with Crippen molar-refractivity contribution >= 4 is 34.4 Å². The van der Waals surface area contributed by atoms with E-state index in [2.05, 4.69) is 27.9 Å². The topological polar surface area (TPSA) is 108 Å². The molecule has 188 valence electrons. The lowest BCUT2D eigenvalue weighted by atomic mass is 9.87. The maximum absolute atomic E-state index is 13.3. The Kier molecular flexibility index (Phi) is 10.6. The molecule has 2 aliphatic rings. The van der Waals surface area contributed by atoms with Crippen LogP contribution in [0.25, 0.3) is 0 Å². The van der Waals surface area contributed by atoms with Crippen molar-refractivity contribution in [2.24, 2.45) is 0 Å². The molecule has 0 spiro atoms. The highest BCUT2D eigenvalue weighted by Crippen LogP contribution is 2.31. The zero-order valence-corrected chi connectivity index (χ0v) is 21.8. The SMILES string of the molecule is CCCCC(=O)N(C[C@H]1CCCO1)[C@@H]1CC(C(=O)NCCO)=C[C@H](Oc2ccccc2I)[C@H]1O. The lowest BCUT2D eigenvalue weighted by Gasteiger charge is -2.41. The number of aliphatic hydroxyl groups excluding tert-OH is 2. The van der Waals surface area contributed by atoms with Gasteiger partial charge in [0.1, 0.15) is 18.0 Å². The summed E-state index contributed by atoms with van der Waals surface area (Å²) >= 11 is 2.16. The standard InChI is InChI=1S/C25H35IN2O6/c1-2-3-10-23(30)28(16-18-7-6-13-33-18)20-14-17(25(32)27-11-12-29)15-22(24(20)31)34-21-9-5-4-8-19(21)26/h4-5,8-9,15,18,20,22,24,29,31H,2-3,6-7,10-14,16H2,1H3,(H,27,32)/t18-,20-,22+,24+/m1/s1. The van der Waals surface area contributed by atoms with Crippen LogP contribution in [0.3, 0.4) is 0 Å². The molecule has 1 aromatic carbocycles. The number of halogens is 1. The highest BCUT2D eigenvalue weighted by molar-refractivity contribution is 14.1. The van der Waals surface area contributed by atoms with Crippen molar-refractivity contribution in [1.82, 2.24) is 10.2 Å². The van der Waals surface area contributed by atoms with Crippen molar-refractivity contribution in [3.05, 3.63) is 39.5 Å². The summed E-state index contributed by atoms with van der Waals surface area (Å²) in [5, 5.41) is 23.2. The molecule has 0 radical (unpaired) electrons. The number of unbranched alkanes of at least 4 members (excludes halogenated alkanes) is 1. The molecule has 0 aromatic heterocycles. The number of nitrogens with one attached hydrogen (secondary N) is 1. The largest absolute Gasteiger partial charge is 0.482 e. The molecular weight excluding hydrogens is 551 g/mol. The van der Waals surface area contributed by atoms with Gasteiger partial charge in [-0.25, -0.2) is 0 Å². The first kappa shape index (κ1) is 26.9. The fourth-order valence-corrected chi connectivity index (χ4v) is 4.88. The van der Waals surface area contributed by atoms with E-state index in [1.54, 1.807) is 11.0 Å². The van der Waals surface area contributed by atoms with E-state index in [4.69, 9.17) is 14.6 Å². The Bertz CT molecular complexity index is 858. The van der Waals surface area contributed by atoms with Gasteiger partial charge in [0.2, 0.25) is 11.8 Å². The molecule has 2 amide bonds. The van der Waals surface area contributed by atoms with Gasteiger partial charge in [0.05, 0.1) is 22.3 Å². The minimum absolute atomic E-state index is 0.0496. The number of nitrogens with zero attached hydrogens (tertiary/aromatic N) is 1. The number of aliphatic hydroxyl groups is 2. The van der Waals surface area contributed by atoms with E-state index in [0.29, 0.717) is 30.9 Å². The molecule has 1 aromatic rings. The summed E-state index contributed by atoms with van der Waals surface area (Å²) in [6.07, 6.45) is 3.77. The second-order valence-electron chi connectivity index (χ2n) is 8.73. The highest BCUT2D eigenvalue weighted by Gasteiger charge is 2.41. The third-order valence-electron chi connectivity index (χ3n) is 6.20. The van der Waals surface area contributed by atoms with E-state index in [0.717, 1.165) is 29.3 Å². The van der Waals surface area contributed by atoms with Crippen molar-refractivity contribution in [3.8, 4) is 5.75 Å². The molecule has 1 fully saturated rings. The van der Waals surface area contributed by atoms with Crippen LogP contribution in [0.1, 0.15) is 45.4 Å². The number of carbonyl (C=O) groups is 2. The van der Waals surface area contributed by atoms with Gasteiger partial charge in [-0.05, 0) is 60.1 Å². The third kappa shape index (κ3) is 7.16. The first-order valence-corrected chi connectivity index (χ1v) is 13.1. The van der Waals surface area contributed by atoms with Crippen LogP contribution in [-0.2, 0) is 14.3 Å². The first-order chi connectivity index (χ1) is 16.4. The van der Waals surface area contributed by atoms with Gasteiger partial charge >= 0.3 is 0 Å². The summed E-state index contributed by atoms with van der Waals surface area (Å²) in [6, 6.07) is 6.84. The monoisotopic (exact) mass is 586 g/mol. The average Bonchev–Trinajstić information content (AvgIpc) is 3.35. The summed E-state index contributed by atoms with van der Waals surface area (Å²) in [5.41, 5.74) is 0.431. The smallest absolute Gasteiger partial charge is 0.247 e. The zero-order chi connectivity index (χ0) is 24.5. The Morgan fingerprint density at radius 2 is 2.12 bits per heavy atom. The number of hydrogen-bond donors (Lipinski definition) is 3. The van der Waals surface area contributed by atoms with E-state index in [-0.39, 0.29) is 37.5 Å². The van der Waals surface area contributed by atoms with Gasteiger partial charge in [0, 0.05) is 38.1 Å². The summed E-state index contributed by atoms with van der Waals surface area (Å²) < 4.78 is 12.8. The molecule has 1 heterocycles. The number of para-hydroxylation sites is 1. The summed E-state index contributed by atoms with van der Waals surface area (Å²) in [4.78, 5) is 27.8. The van der Waals surface area contributed by atoms with E-state index in [1.807, 2.05) is 31.2 Å². The predicted molar refractivity (Wildman–Crippen MR) is 136 cm³/mol. The molecule has 9 heteroatoms.